The molecular formula is C10H15N3O4S. The van der Waals surface area contributed by atoms with Gasteiger partial charge in [-0.2, -0.15) is 0 Å². The number of rotatable bonds is 5. The fourth-order valence-corrected chi connectivity index (χ4v) is 1.40. The molecule has 0 unspecified atom stereocenters. The maximum absolute atomic E-state index is 11.5. The van der Waals surface area contributed by atoms with Gasteiger partial charge in [-0.25, -0.2) is 13.4 Å². The molecule has 0 aliphatic heterocycles. The molecule has 1 N–H and O–H groups in total. The third-order valence-electron chi connectivity index (χ3n) is 2.65. The highest BCUT2D eigenvalue weighted by molar-refractivity contribution is 7.92. The Kier molecular flexibility index (Phi) is 3.90. The lowest BCUT2D eigenvalue weighted by Crippen LogP contribution is -2.38. The lowest BCUT2D eigenvalue weighted by Gasteiger charge is -2.22. The van der Waals surface area contributed by atoms with Crippen LogP contribution < -0.4 is 5.32 Å². The largest absolute Gasteiger partial charge is 0.368 e. The van der Waals surface area contributed by atoms with Crippen LogP contribution in [0.1, 0.15) is 13.8 Å². The van der Waals surface area contributed by atoms with Crippen LogP contribution >= 0.6 is 0 Å². The second-order valence-corrected chi connectivity index (χ2v) is 7.19. The van der Waals surface area contributed by atoms with Gasteiger partial charge >= 0.3 is 0 Å². The Bertz CT molecular complexity index is 554. The average molecular weight is 273 g/mol. The zero-order valence-electron chi connectivity index (χ0n) is 10.4. The molecule has 0 amide bonds. The second kappa shape index (κ2) is 4.89. The maximum Gasteiger partial charge on any atom is 0.274 e. The van der Waals surface area contributed by atoms with E-state index in [1.807, 2.05) is 0 Å². The number of hydrogen-bond donors (Lipinski definition) is 1. The molecule has 1 heterocycles. The molecule has 1 rings (SSSR count). The smallest absolute Gasteiger partial charge is 0.274 e. The van der Waals surface area contributed by atoms with Crippen molar-refractivity contribution in [3.8, 4) is 0 Å². The highest BCUT2D eigenvalue weighted by Gasteiger charge is 2.30. The van der Waals surface area contributed by atoms with Gasteiger partial charge in [-0.05, 0) is 13.8 Å². The predicted octanol–water partition coefficient (Wildman–Crippen LogP) is 1.22. The molecule has 0 atom stereocenters. The van der Waals surface area contributed by atoms with E-state index in [4.69, 9.17) is 0 Å². The molecule has 0 fully saturated rings. The van der Waals surface area contributed by atoms with Gasteiger partial charge in [0.05, 0.1) is 15.7 Å². The van der Waals surface area contributed by atoms with Crippen molar-refractivity contribution in [2.75, 3.05) is 18.1 Å². The molecule has 18 heavy (non-hydrogen) atoms. The average Bonchev–Trinajstić information content (AvgIpc) is 2.25. The Morgan fingerprint density at radius 1 is 1.50 bits per heavy atom. The number of hydrogen-bond acceptors (Lipinski definition) is 6. The molecule has 0 bridgehead atoms. The monoisotopic (exact) mass is 273 g/mol. The summed E-state index contributed by atoms with van der Waals surface area (Å²) < 4.78 is 22.0. The summed E-state index contributed by atoms with van der Waals surface area (Å²) in [7, 11) is -3.22. The molecule has 0 radical (unpaired) electrons. The van der Waals surface area contributed by atoms with Gasteiger partial charge in [0.25, 0.3) is 5.69 Å². The Balaban J connectivity index is 2.82. The molecule has 0 aromatic carbocycles. The lowest BCUT2D eigenvalue weighted by atomic mass is 10.2. The lowest BCUT2D eigenvalue weighted by molar-refractivity contribution is -0.384. The summed E-state index contributed by atoms with van der Waals surface area (Å²) >= 11 is 0. The Morgan fingerprint density at radius 3 is 2.61 bits per heavy atom. The van der Waals surface area contributed by atoms with Gasteiger partial charge in [-0.1, -0.05) is 0 Å². The predicted molar refractivity (Wildman–Crippen MR) is 68.3 cm³/mol. The van der Waals surface area contributed by atoms with E-state index in [0.717, 1.165) is 6.26 Å². The van der Waals surface area contributed by atoms with Crippen LogP contribution in [0.2, 0.25) is 0 Å². The topological polar surface area (TPSA) is 102 Å². The van der Waals surface area contributed by atoms with Crippen molar-refractivity contribution < 1.29 is 13.3 Å². The van der Waals surface area contributed by atoms with E-state index in [2.05, 4.69) is 10.3 Å². The Morgan fingerprint density at radius 2 is 2.11 bits per heavy atom. The van der Waals surface area contributed by atoms with Crippen LogP contribution in [0.3, 0.4) is 0 Å². The van der Waals surface area contributed by atoms with Gasteiger partial charge in [-0.3, -0.25) is 10.1 Å². The Labute approximate surface area is 105 Å². The SMILES string of the molecule is CC(C)(CNc1cc([N+](=O)[O-])ccn1)S(C)(=O)=O. The first-order valence-corrected chi connectivity index (χ1v) is 7.06. The molecule has 0 aliphatic rings. The van der Waals surface area contributed by atoms with E-state index in [-0.39, 0.29) is 18.1 Å². The number of sulfone groups is 1. The van der Waals surface area contributed by atoms with Gasteiger partial charge in [0.15, 0.2) is 9.84 Å². The van der Waals surface area contributed by atoms with Crippen molar-refractivity contribution >= 4 is 21.3 Å². The third kappa shape index (κ3) is 3.39. The van der Waals surface area contributed by atoms with Crippen molar-refractivity contribution in [2.45, 2.75) is 18.6 Å². The number of nitro groups is 1. The number of nitrogens with one attached hydrogen (secondary N) is 1. The van der Waals surface area contributed by atoms with Crippen LogP contribution in [0.25, 0.3) is 0 Å². The van der Waals surface area contributed by atoms with E-state index in [1.54, 1.807) is 13.8 Å². The zero-order chi connectivity index (χ0) is 14.0. The summed E-state index contributed by atoms with van der Waals surface area (Å²) in [6.07, 6.45) is 2.45. The summed E-state index contributed by atoms with van der Waals surface area (Å²) in [5.41, 5.74) is -0.0929. The van der Waals surface area contributed by atoms with Crippen molar-refractivity contribution in [3.05, 3.63) is 28.4 Å². The van der Waals surface area contributed by atoms with Crippen LogP contribution in [-0.2, 0) is 9.84 Å². The van der Waals surface area contributed by atoms with E-state index < -0.39 is 19.5 Å². The van der Waals surface area contributed by atoms with E-state index in [0.29, 0.717) is 0 Å². The molecule has 0 saturated heterocycles. The van der Waals surface area contributed by atoms with E-state index >= 15 is 0 Å². The van der Waals surface area contributed by atoms with Crippen molar-refractivity contribution in [1.29, 1.82) is 0 Å². The number of nitrogens with zero attached hydrogens (tertiary/aromatic N) is 2. The molecule has 0 aliphatic carbocycles. The molecule has 0 saturated carbocycles. The maximum atomic E-state index is 11.5. The molecule has 7 nitrogen and oxygen atoms in total. The first-order chi connectivity index (χ1) is 8.13. The van der Waals surface area contributed by atoms with Crippen LogP contribution in [0, 0.1) is 10.1 Å². The number of aromatic nitrogens is 1. The first kappa shape index (κ1) is 14.4. The fraction of sp³-hybridized carbons (Fsp3) is 0.500. The number of anilines is 1. The first-order valence-electron chi connectivity index (χ1n) is 5.17. The fourth-order valence-electron chi connectivity index (χ4n) is 1.06. The molecule has 0 spiro atoms. The van der Waals surface area contributed by atoms with E-state index in [1.165, 1.54) is 18.3 Å². The van der Waals surface area contributed by atoms with Crippen molar-refractivity contribution in [1.82, 2.24) is 4.98 Å². The number of pyridine rings is 1. The molecule has 100 valence electrons. The van der Waals surface area contributed by atoms with Gasteiger partial charge in [0.1, 0.15) is 5.82 Å². The van der Waals surface area contributed by atoms with Crippen LogP contribution in [0.5, 0.6) is 0 Å². The minimum atomic E-state index is -3.22. The minimum Gasteiger partial charge on any atom is -0.368 e. The highest BCUT2D eigenvalue weighted by Crippen LogP contribution is 2.18. The van der Waals surface area contributed by atoms with Gasteiger partial charge in [0.2, 0.25) is 0 Å². The summed E-state index contributed by atoms with van der Waals surface area (Å²) in [5, 5.41) is 13.4. The molecule has 1 aromatic rings. The van der Waals surface area contributed by atoms with E-state index in [9.17, 15) is 18.5 Å². The third-order valence-corrected chi connectivity index (χ3v) is 4.81. The zero-order valence-corrected chi connectivity index (χ0v) is 11.2. The van der Waals surface area contributed by atoms with Crippen LogP contribution in [0.15, 0.2) is 18.3 Å². The minimum absolute atomic E-state index is 0.0929. The Hall–Kier alpha value is -1.70. The molecule has 1 aromatic heterocycles. The summed E-state index contributed by atoms with van der Waals surface area (Å²) in [4.78, 5) is 13.9. The second-order valence-electron chi connectivity index (χ2n) is 4.54. The van der Waals surface area contributed by atoms with Gasteiger partial charge in [-0.15, -0.1) is 0 Å². The molecule has 8 heteroatoms. The summed E-state index contributed by atoms with van der Waals surface area (Å²) in [5.74, 6) is 0.279. The standard InChI is InChI=1S/C10H15N3O4S/c1-10(2,18(3,16)17)7-12-9-6-8(13(14)15)4-5-11-9/h4-6H,7H2,1-3H3,(H,11,12). The summed E-state index contributed by atoms with van der Waals surface area (Å²) in [6, 6.07) is 2.53. The normalized spacial score (nSPS) is 12.2. The van der Waals surface area contributed by atoms with Crippen LogP contribution in [0.4, 0.5) is 11.5 Å². The highest BCUT2D eigenvalue weighted by atomic mass is 32.2. The quantitative estimate of drug-likeness (QED) is 0.639. The van der Waals surface area contributed by atoms with Gasteiger partial charge < -0.3 is 5.32 Å². The van der Waals surface area contributed by atoms with Gasteiger partial charge in [0, 0.05) is 25.1 Å². The van der Waals surface area contributed by atoms with Crippen LogP contribution in [-0.4, -0.2) is 35.9 Å². The van der Waals surface area contributed by atoms with Crippen molar-refractivity contribution in [2.24, 2.45) is 0 Å². The summed E-state index contributed by atoms with van der Waals surface area (Å²) in [6.45, 7) is 3.28. The molecular weight excluding hydrogens is 258 g/mol. The van der Waals surface area contributed by atoms with Crippen molar-refractivity contribution in [3.63, 3.8) is 0 Å².